The first-order valence-electron chi connectivity index (χ1n) is 9.23. The summed E-state index contributed by atoms with van der Waals surface area (Å²) in [5.74, 6) is 2.30. The minimum Gasteiger partial charge on any atom is -0.368 e. The first-order chi connectivity index (χ1) is 13.0. The van der Waals surface area contributed by atoms with Crippen molar-refractivity contribution in [3.05, 3.63) is 35.7 Å². The Morgan fingerprint density at radius 2 is 2.11 bits per heavy atom. The molecule has 0 unspecified atom stereocenters. The van der Waals surface area contributed by atoms with Crippen LogP contribution >= 0.6 is 11.8 Å². The van der Waals surface area contributed by atoms with Crippen LogP contribution in [-0.2, 0) is 10.5 Å². The van der Waals surface area contributed by atoms with Gasteiger partial charge in [-0.15, -0.1) is 11.8 Å². The van der Waals surface area contributed by atoms with E-state index in [1.807, 2.05) is 36.1 Å². The molecule has 0 saturated carbocycles. The topological polar surface area (TPSA) is 97.0 Å². The Bertz CT molecular complexity index is 800. The van der Waals surface area contributed by atoms with Gasteiger partial charge in [0.1, 0.15) is 5.82 Å². The van der Waals surface area contributed by atoms with Gasteiger partial charge in [-0.1, -0.05) is 18.2 Å². The van der Waals surface area contributed by atoms with E-state index in [9.17, 15) is 4.79 Å². The molecular weight excluding hydrogens is 360 g/mol. The average Bonchev–Trinajstić information content (AvgIpc) is 2.63. The van der Waals surface area contributed by atoms with Gasteiger partial charge in [0.15, 0.2) is 0 Å². The molecule has 1 aliphatic rings. The van der Waals surface area contributed by atoms with Gasteiger partial charge >= 0.3 is 0 Å². The number of nitrogens with two attached hydrogens (primary N) is 1. The van der Waals surface area contributed by atoms with Crippen molar-refractivity contribution in [1.29, 1.82) is 0 Å². The van der Waals surface area contributed by atoms with Gasteiger partial charge in [-0.25, -0.2) is 0 Å². The van der Waals surface area contributed by atoms with Crippen LogP contribution in [-0.4, -0.2) is 44.1 Å². The average molecular weight is 387 g/mol. The highest BCUT2D eigenvalue weighted by molar-refractivity contribution is 7.99. The Kier molecular flexibility index (Phi) is 6.49. The summed E-state index contributed by atoms with van der Waals surface area (Å²) >= 11 is 1.51. The fourth-order valence-corrected chi connectivity index (χ4v) is 3.93. The SMILES string of the molecule is Cc1ccccc1Nc1nc(N)nc(CSCC(=O)N2CCCC[C@H]2C)n1. The molecule has 0 spiro atoms. The number of carbonyl (C=O) groups is 1. The van der Waals surface area contributed by atoms with Crippen LogP contribution in [0, 0.1) is 6.92 Å². The largest absolute Gasteiger partial charge is 0.368 e. The number of hydrogen-bond donors (Lipinski definition) is 2. The van der Waals surface area contributed by atoms with E-state index < -0.39 is 0 Å². The number of aryl methyl sites for hydroxylation is 1. The lowest BCUT2D eigenvalue weighted by molar-refractivity contribution is -0.131. The van der Waals surface area contributed by atoms with E-state index in [1.165, 1.54) is 18.2 Å². The summed E-state index contributed by atoms with van der Waals surface area (Å²) < 4.78 is 0. The zero-order valence-electron chi connectivity index (χ0n) is 15.8. The fourth-order valence-electron chi connectivity index (χ4n) is 3.17. The Morgan fingerprint density at radius 1 is 1.30 bits per heavy atom. The van der Waals surface area contributed by atoms with Crippen LogP contribution in [0.4, 0.5) is 17.6 Å². The molecule has 1 aromatic heterocycles. The lowest BCUT2D eigenvalue weighted by atomic mass is 10.0. The molecule has 8 heteroatoms. The first-order valence-corrected chi connectivity index (χ1v) is 10.4. The molecule has 3 rings (SSSR count). The lowest BCUT2D eigenvalue weighted by Gasteiger charge is -2.33. The van der Waals surface area contributed by atoms with E-state index in [0.29, 0.717) is 29.3 Å². The van der Waals surface area contributed by atoms with E-state index in [-0.39, 0.29) is 11.9 Å². The number of hydrogen-bond acceptors (Lipinski definition) is 7. The van der Waals surface area contributed by atoms with Crippen LogP contribution in [0.5, 0.6) is 0 Å². The molecule has 0 bridgehead atoms. The smallest absolute Gasteiger partial charge is 0.232 e. The summed E-state index contributed by atoms with van der Waals surface area (Å²) in [6.45, 7) is 5.00. The van der Waals surface area contributed by atoms with Crippen molar-refractivity contribution >= 4 is 35.3 Å². The highest BCUT2D eigenvalue weighted by Gasteiger charge is 2.22. The number of thioether (sulfide) groups is 1. The number of nitrogen functional groups attached to an aromatic ring is 1. The highest BCUT2D eigenvalue weighted by Crippen LogP contribution is 2.20. The van der Waals surface area contributed by atoms with Gasteiger partial charge in [-0.05, 0) is 44.7 Å². The van der Waals surface area contributed by atoms with Gasteiger partial charge in [-0.2, -0.15) is 15.0 Å². The minimum atomic E-state index is 0.174. The Hall–Kier alpha value is -2.35. The first kappa shape index (κ1) is 19.4. The number of anilines is 3. The maximum atomic E-state index is 12.4. The molecule has 0 aliphatic carbocycles. The Morgan fingerprint density at radius 3 is 2.89 bits per heavy atom. The second-order valence-corrected chi connectivity index (χ2v) is 7.78. The maximum absolute atomic E-state index is 12.4. The normalized spacial score (nSPS) is 17.0. The standard InChI is InChI=1S/C19H26N6OS/c1-13-7-3-4-9-15(13)21-19-23-16(22-18(20)24-19)11-27-12-17(26)25-10-6-5-8-14(25)2/h3-4,7,9,14H,5-6,8,10-12H2,1-2H3,(H3,20,21,22,23,24)/t14-/m1/s1. The zero-order chi connectivity index (χ0) is 19.2. The van der Waals surface area contributed by atoms with Crippen LogP contribution in [0.2, 0.25) is 0 Å². The number of nitrogens with zero attached hydrogens (tertiary/aromatic N) is 4. The van der Waals surface area contributed by atoms with Gasteiger partial charge in [0.2, 0.25) is 17.8 Å². The molecule has 2 heterocycles. The monoisotopic (exact) mass is 386 g/mol. The summed E-state index contributed by atoms with van der Waals surface area (Å²) in [6.07, 6.45) is 3.39. The number of rotatable bonds is 6. The molecule has 27 heavy (non-hydrogen) atoms. The quantitative estimate of drug-likeness (QED) is 0.787. The van der Waals surface area contributed by atoms with Gasteiger partial charge in [0.25, 0.3) is 0 Å². The van der Waals surface area contributed by atoms with Crippen molar-refractivity contribution in [1.82, 2.24) is 19.9 Å². The molecule has 0 radical (unpaired) electrons. The number of nitrogens with one attached hydrogen (secondary N) is 1. The number of aromatic nitrogens is 3. The van der Waals surface area contributed by atoms with Crippen molar-refractivity contribution in [2.24, 2.45) is 0 Å². The van der Waals surface area contributed by atoms with Crippen LogP contribution in [0.15, 0.2) is 24.3 Å². The molecule has 1 fully saturated rings. The molecule has 144 valence electrons. The molecule has 1 amide bonds. The van der Waals surface area contributed by atoms with Crippen molar-refractivity contribution in [2.45, 2.75) is 44.9 Å². The second kappa shape index (κ2) is 9.03. The number of para-hydroxylation sites is 1. The number of benzene rings is 1. The molecule has 1 saturated heterocycles. The van der Waals surface area contributed by atoms with Gasteiger partial charge < -0.3 is 16.0 Å². The van der Waals surface area contributed by atoms with Gasteiger partial charge in [-0.3, -0.25) is 4.79 Å². The third kappa shape index (κ3) is 5.32. The van der Waals surface area contributed by atoms with E-state index >= 15 is 0 Å². The molecule has 1 aliphatic heterocycles. The predicted octanol–water partition coefficient (Wildman–Crippen LogP) is 3.14. The molecule has 1 aromatic carbocycles. The number of amides is 1. The van der Waals surface area contributed by atoms with Gasteiger partial charge in [0, 0.05) is 18.3 Å². The zero-order valence-corrected chi connectivity index (χ0v) is 16.6. The highest BCUT2D eigenvalue weighted by atomic mass is 32.2. The van der Waals surface area contributed by atoms with Crippen molar-refractivity contribution in [3.8, 4) is 0 Å². The summed E-state index contributed by atoms with van der Waals surface area (Å²) in [4.78, 5) is 27.2. The summed E-state index contributed by atoms with van der Waals surface area (Å²) in [6, 6.07) is 8.23. The molecule has 7 nitrogen and oxygen atoms in total. The number of carbonyl (C=O) groups excluding carboxylic acids is 1. The van der Waals surface area contributed by atoms with Crippen molar-refractivity contribution < 1.29 is 4.79 Å². The van der Waals surface area contributed by atoms with Crippen molar-refractivity contribution in [3.63, 3.8) is 0 Å². The van der Waals surface area contributed by atoms with E-state index in [1.54, 1.807) is 0 Å². The van der Waals surface area contributed by atoms with E-state index in [4.69, 9.17) is 5.73 Å². The summed E-state index contributed by atoms with van der Waals surface area (Å²) in [5, 5.41) is 3.18. The predicted molar refractivity (Wildman–Crippen MR) is 110 cm³/mol. The molecule has 3 N–H and O–H groups in total. The Balaban J connectivity index is 1.58. The molecule has 2 aromatic rings. The summed E-state index contributed by atoms with van der Waals surface area (Å²) in [7, 11) is 0. The van der Waals surface area contributed by atoms with Gasteiger partial charge in [0.05, 0.1) is 11.5 Å². The van der Waals surface area contributed by atoms with Crippen molar-refractivity contribution in [2.75, 3.05) is 23.3 Å². The molecular formula is C19H26N6OS. The third-order valence-corrected chi connectivity index (χ3v) is 5.58. The third-order valence-electron chi connectivity index (χ3n) is 4.67. The van der Waals surface area contributed by atoms with Crippen LogP contribution in [0.3, 0.4) is 0 Å². The van der Waals surface area contributed by atoms with Crippen LogP contribution in [0.1, 0.15) is 37.6 Å². The lowest BCUT2D eigenvalue weighted by Crippen LogP contribution is -2.42. The maximum Gasteiger partial charge on any atom is 0.232 e. The summed E-state index contributed by atoms with van der Waals surface area (Å²) in [5.41, 5.74) is 7.85. The van der Waals surface area contributed by atoms with E-state index in [0.717, 1.165) is 30.6 Å². The fraction of sp³-hybridized carbons (Fsp3) is 0.474. The Labute approximate surface area is 164 Å². The number of piperidine rings is 1. The van der Waals surface area contributed by atoms with Crippen LogP contribution < -0.4 is 11.1 Å². The second-order valence-electron chi connectivity index (χ2n) is 6.80. The number of likely N-dealkylation sites (tertiary alicyclic amines) is 1. The minimum absolute atomic E-state index is 0.174. The van der Waals surface area contributed by atoms with E-state index in [2.05, 4.69) is 27.2 Å². The van der Waals surface area contributed by atoms with Crippen LogP contribution in [0.25, 0.3) is 0 Å². The molecule has 1 atom stereocenters.